The minimum atomic E-state index is -0.109. The lowest BCUT2D eigenvalue weighted by atomic mass is 10.1. The fourth-order valence-electron chi connectivity index (χ4n) is 1.90. The third-order valence-corrected chi connectivity index (χ3v) is 3.20. The molecule has 2 aromatic rings. The lowest BCUT2D eigenvalue weighted by Crippen LogP contribution is -2.11. The summed E-state index contributed by atoms with van der Waals surface area (Å²) in [5.74, 6) is 1.78. The number of nitrogens with zero attached hydrogens (tertiary/aromatic N) is 2. The van der Waals surface area contributed by atoms with E-state index in [1.807, 2.05) is 42.9 Å². The Labute approximate surface area is 118 Å². The molecule has 5 heteroatoms. The van der Waals surface area contributed by atoms with Crippen LogP contribution >= 0.6 is 11.6 Å². The van der Waals surface area contributed by atoms with E-state index in [4.69, 9.17) is 22.1 Å². The Hall–Kier alpha value is -1.52. The highest BCUT2D eigenvalue weighted by molar-refractivity contribution is 6.30. The van der Waals surface area contributed by atoms with E-state index in [1.54, 1.807) is 6.20 Å². The molecule has 0 aliphatic rings. The zero-order valence-corrected chi connectivity index (χ0v) is 11.9. The number of hydrogen-bond acceptors (Lipinski definition) is 3. The predicted molar refractivity (Wildman–Crippen MR) is 76.5 cm³/mol. The lowest BCUT2D eigenvalue weighted by Gasteiger charge is -2.14. The van der Waals surface area contributed by atoms with Crippen molar-refractivity contribution in [3.63, 3.8) is 0 Å². The maximum absolute atomic E-state index is 5.97. The quantitative estimate of drug-likeness (QED) is 0.916. The molecule has 0 amide bonds. The Kier molecular flexibility index (Phi) is 4.45. The van der Waals surface area contributed by atoms with Crippen LogP contribution in [0.1, 0.15) is 24.4 Å². The van der Waals surface area contributed by atoms with Crippen LogP contribution in [0.2, 0.25) is 5.02 Å². The smallest absolute Gasteiger partial charge is 0.124 e. The van der Waals surface area contributed by atoms with E-state index in [1.165, 1.54) is 0 Å². The molecule has 1 aromatic heterocycles. The molecule has 0 bridgehead atoms. The summed E-state index contributed by atoms with van der Waals surface area (Å²) in [5.41, 5.74) is 6.84. The summed E-state index contributed by atoms with van der Waals surface area (Å²) in [7, 11) is 1.97. The molecular weight excluding hydrogens is 262 g/mol. The molecular formula is C14H18ClN3O. The van der Waals surface area contributed by atoms with Crippen molar-refractivity contribution in [1.82, 2.24) is 9.55 Å². The molecule has 0 radical (unpaired) electrons. The van der Waals surface area contributed by atoms with E-state index in [9.17, 15) is 0 Å². The minimum Gasteiger partial charge on any atom is -0.493 e. The maximum Gasteiger partial charge on any atom is 0.124 e. The number of aromatic nitrogens is 2. The zero-order chi connectivity index (χ0) is 13.8. The first-order valence-electron chi connectivity index (χ1n) is 6.22. The van der Waals surface area contributed by atoms with Crippen LogP contribution in [0.4, 0.5) is 0 Å². The predicted octanol–water partition coefficient (Wildman–Crippen LogP) is 2.71. The Morgan fingerprint density at radius 1 is 1.47 bits per heavy atom. The molecule has 0 spiro atoms. The van der Waals surface area contributed by atoms with Gasteiger partial charge in [-0.2, -0.15) is 0 Å². The van der Waals surface area contributed by atoms with Crippen molar-refractivity contribution in [3.8, 4) is 5.75 Å². The van der Waals surface area contributed by atoms with Gasteiger partial charge in [0.2, 0.25) is 0 Å². The van der Waals surface area contributed by atoms with Crippen LogP contribution in [0.15, 0.2) is 30.6 Å². The third-order valence-electron chi connectivity index (χ3n) is 2.97. The number of rotatable bonds is 5. The van der Waals surface area contributed by atoms with E-state index >= 15 is 0 Å². The van der Waals surface area contributed by atoms with E-state index in [0.717, 1.165) is 23.6 Å². The molecule has 4 nitrogen and oxygen atoms in total. The Morgan fingerprint density at radius 2 is 2.26 bits per heavy atom. The van der Waals surface area contributed by atoms with Crippen LogP contribution in [-0.4, -0.2) is 16.2 Å². The lowest BCUT2D eigenvalue weighted by molar-refractivity contribution is 0.313. The van der Waals surface area contributed by atoms with Crippen molar-refractivity contribution < 1.29 is 4.74 Å². The van der Waals surface area contributed by atoms with Gasteiger partial charge in [0.05, 0.1) is 6.61 Å². The van der Waals surface area contributed by atoms with E-state index in [2.05, 4.69) is 4.98 Å². The normalized spacial score (nSPS) is 12.4. The number of hydrogen-bond donors (Lipinski definition) is 1. The molecule has 0 fully saturated rings. The second-order valence-corrected chi connectivity index (χ2v) is 4.96. The summed E-state index contributed by atoms with van der Waals surface area (Å²) < 4.78 is 7.77. The van der Waals surface area contributed by atoms with Gasteiger partial charge in [0.25, 0.3) is 0 Å². The summed E-state index contributed by atoms with van der Waals surface area (Å²) >= 11 is 5.97. The molecule has 1 heterocycles. The first-order chi connectivity index (χ1) is 9.08. The fourth-order valence-corrected chi connectivity index (χ4v) is 2.08. The van der Waals surface area contributed by atoms with Crippen molar-refractivity contribution in [3.05, 3.63) is 47.0 Å². The van der Waals surface area contributed by atoms with Crippen molar-refractivity contribution in [2.75, 3.05) is 6.61 Å². The second kappa shape index (κ2) is 6.08. The third kappa shape index (κ3) is 3.49. The topological polar surface area (TPSA) is 53.1 Å². The number of nitrogens with two attached hydrogens (primary N) is 1. The highest BCUT2D eigenvalue weighted by Gasteiger charge is 2.09. The van der Waals surface area contributed by atoms with Gasteiger partial charge in [0.1, 0.15) is 11.6 Å². The molecule has 0 saturated heterocycles. The first-order valence-corrected chi connectivity index (χ1v) is 6.59. The van der Waals surface area contributed by atoms with E-state index < -0.39 is 0 Å². The standard InChI is InChI=1S/C14H18ClN3O/c1-10(16)12-9-11(15)3-4-13(12)19-8-5-14-17-6-7-18(14)2/h3-4,6-7,9-10H,5,8,16H2,1-2H3/t10-/m1/s1. The van der Waals surface area contributed by atoms with Gasteiger partial charge in [-0.05, 0) is 25.1 Å². The summed E-state index contributed by atoms with van der Waals surface area (Å²) in [5, 5.41) is 0.670. The molecule has 0 saturated carbocycles. The number of aryl methyl sites for hydroxylation is 1. The maximum atomic E-state index is 5.97. The van der Waals surface area contributed by atoms with Crippen molar-refractivity contribution >= 4 is 11.6 Å². The van der Waals surface area contributed by atoms with Gasteiger partial charge in [-0.3, -0.25) is 0 Å². The molecule has 0 aliphatic heterocycles. The summed E-state index contributed by atoms with van der Waals surface area (Å²) in [6, 6.07) is 5.41. The first kappa shape index (κ1) is 13.9. The number of imidazole rings is 1. The van der Waals surface area contributed by atoms with Crippen LogP contribution in [0.3, 0.4) is 0 Å². The van der Waals surface area contributed by atoms with E-state index in [0.29, 0.717) is 11.6 Å². The van der Waals surface area contributed by atoms with Gasteiger partial charge in [0, 0.05) is 42.5 Å². The molecule has 1 atom stereocenters. The highest BCUT2D eigenvalue weighted by Crippen LogP contribution is 2.27. The zero-order valence-electron chi connectivity index (χ0n) is 11.1. The Balaban J connectivity index is 2.01. The Bertz CT molecular complexity index is 551. The molecule has 1 aromatic carbocycles. The average Bonchev–Trinajstić information content (AvgIpc) is 2.77. The average molecular weight is 280 g/mol. The summed E-state index contributed by atoms with van der Waals surface area (Å²) in [4.78, 5) is 4.26. The minimum absolute atomic E-state index is 0.109. The van der Waals surface area contributed by atoms with Gasteiger partial charge < -0.3 is 15.0 Å². The van der Waals surface area contributed by atoms with Gasteiger partial charge in [-0.25, -0.2) is 4.98 Å². The summed E-state index contributed by atoms with van der Waals surface area (Å²) in [6.45, 7) is 2.48. The SMILES string of the molecule is C[C@@H](N)c1cc(Cl)ccc1OCCc1nccn1C. The van der Waals surface area contributed by atoms with Crippen molar-refractivity contribution in [2.45, 2.75) is 19.4 Å². The largest absolute Gasteiger partial charge is 0.493 e. The number of benzene rings is 1. The van der Waals surface area contributed by atoms with Crippen LogP contribution < -0.4 is 10.5 Å². The van der Waals surface area contributed by atoms with Crippen molar-refractivity contribution in [1.29, 1.82) is 0 Å². The molecule has 19 heavy (non-hydrogen) atoms. The molecule has 0 unspecified atom stereocenters. The summed E-state index contributed by atoms with van der Waals surface area (Å²) in [6.07, 6.45) is 4.46. The monoisotopic (exact) mass is 279 g/mol. The fraction of sp³-hybridized carbons (Fsp3) is 0.357. The van der Waals surface area contributed by atoms with Crippen LogP contribution in [0.25, 0.3) is 0 Å². The molecule has 2 N–H and O–H groups in total. The molecule has 2 rings (SSSR count). The molecule has 0 aliphatic carbocycles. The second-order valence-electron chi connectivity index (χ2n) is 4.52. The number of ether oxygens (including phenoxy) is 1. The Morgan fingerprint density at radius 3 is 2.89 bits per heavy atom. The van der Waals surface area contributed by atoms with Crippen molar-refractivity contribution in [2.24, 2.45) is 12.8 Å². The van der Waals surface area contributed by atoms with Crippen LogP contribution in [0.5, 0.6) is 5.75 Å². The highest BCUT2D eigenvalue weighted by atomic mass is 35.5. The molecule has 102 valence electrons. The van der Waals surface area contributed by atoms with Gasteiger partial charge in [0.15, 0.2) is 0 Å². The number of halogens is 1. The van der Waals surface area contributed by atoms with Crippen LogP contribution in [0, 0.1) is 0 Å². The van der Waals surface area contributed by atoms with Gasteiger partial charge >= 0.3 is 0 Å². The van der Waals surface area contributed by atoms with Crippen LogP contribution in [-0.2, 0) is 13.5 Å². The van der Waals surface area contributed by atoms with E-state index in [-0.39, 0.29) is 6.04 Å². The van der Waals surface area contributed by atoms with Gasteiger partial charge in [-0.15, -0.1) is 0 Å². The van der Waals surface area contributed by atoms with Gasteiger partial charge in [-0.1, -0.05) is 11.6 Å².